The van der Waals surface area contributed by atoms with Gasteiger partial charge >= 0.3 is 0 Å². The van der Waals surface area contributed by atoms with Crippen LogP contribution in [-0.2, 0) is 16.0 Å². The number of thiazole rings is 1. The lowest BCUT2D eigenvalue weighted by atomic mass is 10.2. The number of amides is 2. The van der Waals surface area contributed by atoms with Crippen molar-refractivity contribution in [2.45, 2.75) is 31.5 Å². The van der Waals surface area contributed by atoms with E-state index in [9.17, 15) is 9.59 Å². The van der Waals surface area contributed by atoms with Crippen LogP contribution in [0.5, 0.6) is 0 Å². The Kier molecular flexibility index (Phi) is 6.39. The monoisotopic (exact) mass is 363 g/mol. The molecule has 1 aromatic carbocycles. The Balaban J connectivity index is 1.94. The fourth-order valence-electron chi connectivity index (χ4n) is 1.93. The minimum absolute atomic E-state index is 0.0305. The lowest BCUT2D eigenvalue weighted by molar-refractivity contribution is -0.119. The average molecular weight is 364 g/mol. The van der Waals surface area contributed by atoms with E-state index in [4.69, 9.17) is 0 Å². The van der Waals surface area contributed by atoms with Crippen LogP contribution in [0.3, 0.4) is 0 Å². The quantitative estimate of drug-likeness (QED) is 0.763. The van der Waals surface area contributed by atoms with Crippen LogP contribution in [-0.4, -0.2) is 23.1 Å². The Labute approximate surface area is 150 Å². The maximum atomic E-state index is 12.2. The summed E-state index contributed by atoms with van der Waals surface area (Å²) in [6.07, 6.45) is 2.29. The van der Waals surface area contributed by atoms with Crippen LogP contribution in [0.25, 0.3) is 0 Å². The molecular weight excluding hydrogens is 342 g/mol. The van der Waals surface area contributed by atoms with Crippen molar-refractivity contribution in [2.75, 3.05) is 16.9 Å². The molecule has 128 valence electrons. The van der Waals surface area contributed by atoms with Crippen LogP contribution in [0.2, 0.25) is 0 Å². The van der Waals surface area contributed by atoms with Gasteiger partial charge in [-0.25, -0.2) is 4.98 Å². The zero-order valence-electron chi connectivity index (χ0n) is 14.2. The Hall–Kier alpha value is -1.86. The Bertz CT molecular complexity index is 724. The number of aromatic nitrogens is 1. The molecule has 0 bridgehead atoms. The highest BCUT2D eigenvalue weighted by atomic mass is 32.2. The molecule has 1 heterocycles. The fraction of sp³-hybridized carbons (Fsp3) is 0.353. The second kappa shape index (κ2) is 8.30. The third-order valence-corrected chi connectivity index (χ3v) is 5.47. The molecule has 0 aliphatic rings. The van der Waals surface area contributed by atoms with E-state index in [0.717, 1.165) is 20.6 Å². The highest BCUT2D eigenvalue weighted by Crippen LogP contribution is 2.26. The molecule has 0 aliphatic heterocycles. The van der Waals surface area contributed by atoms with Gasteiger partial charge in [0, 0.05) is 22.2 Å². The van der Waals surface area contributed by atoms with Crippen molar-refractivity contribution in [1.29, 1.82) is 0 Å². The number of thioether (sulfide) groups is 1. The van der Waals surface area contributed by atoms with Crippen LogP contribution in [0.1, 0.15) is 24.4 Å². The van der Waals surface area contributed by atoms with E-state index >= 15 is 0 Å². The first-order valence-corrected chi connectivity index (χ1v) is 9.64. The number of nitrogens with one attached hydrogen (secondary N) is 2. The minimum atomic E-state index is -0.0756. The molecule has 0 fully saturated rings. The lowest BCUT2D eigenvalue weighted by Gasteiger charge is -2.09. The first-order valence-electron chi connectivity index (χ1n) is 7.60. The molecule has 0 atom stereocenters. The van der Waals surface area contributed by atoms with E-state index in [1.165, 1.54) is 0 Å². The minimum Gasteiger partial charge on any atom is -0.326 e. The van der Waals surface area contributed by atoms with E-state index < -0.39 is 0 Å². The summed E-state index contributed by atoms with van der Waals surface area (Å²) in [6, 6.07) is 7.11. The second-order valence-electron chi connectivity index (χ2n) is 5.64. The maximum absolute atomic E-state index is 12.2. The average Bonchev–Trinajstić information content (AvgIpc) is 2.89. The summed E-state index contributed by atoms with van der Waals surface area (Å²) in [5.74, 6) is -0.177. The molecule has 0 saturated heterocycles. The van der Waals surface area contributed by atoms with Crippen LogP contribution in [0.4, 0.5) is 11.4 Å². The number of carbonyl (C=O) groups excluding carboxylic acids is 2. The molecular formula is C17H21N3O2S2. The molecule has 1 aromatic heterocycles. The summed E-state index contributed by atoms with van der Waals surface area (Å²) >= 11 is 3.14. The predicted octanol–water partition coefficient (Wildman–Crippen LogP) is 3.95. The third-order valence-electron chi connectivity index (χ3n) is 3.33. The Morgan fingerprint density at radius 1 is 1.17 bits per heavy atom. The summed E-state index contributed by atoms with van der Waals surface area (Å²) in [7, 11) is 0. The number of rotatable bonds is 6. The van der Waals surface area contributed by atoms with Gasteiger partial charge in [0.15, 0.2) is 0 Å². The van der Waals surface area contributed by atoms with Crippen molar-refractivity contribution in [3.05, 3.63) is 34.8 Å². The Morgan fingerprint density at radius 2 is 1.75 bits per heavy atom. The first kappa shape index (κ1) is 18.5. The predicted molar refractivity (Wildman–Crippen MR) is 101 cm³/mol. The van der Waals surface area contributed by atoms with Gasteiger partial charge < -0.3 is 10.6 Å². The van der Waals surface area contributed by atoms with Gasteiger partial charge in [-0.15, -0.1) is 11.3 Å². The number of aryl methyl sites for hydroxylation is 1. The smallest absolute Gasteiger partial charge is 0.229 e. The molecule has 24 heavy (non-hydrogen) atoms. The summed E-state index contributed by atoms with van der Waals surface area (Å²) < 4.78 is 0.973. The molecule has 5 nitrogen and oxygen atoms in total. The van der Waals surface area contributed by atoms with Crippen LogP contribution in [0, 0.1) is 12.8 Å². The summed E-state index contributed by atoms with van der Waals surface area (Å²) in [4.78, 5) is 29.2. The van der Waals surface area contributed by atoms with Crippen molar-refractivity contribution in [3.63, 3.8) is 0 Å². The fourth-order valence-corrected chi connectivity index (χ4v) is 3.58. The molecule has 2 amide bonds. The molecule has 0 unspecified atom stereocenters. The number of benzene rings is 1. The molecule has 2 rings (SSSR count). The summed E-state index contributed by atoms with van der Waals surface area (Å²) in [5, 5.41) is 5.69. The number of hydrogen-bond donors (Lipinski definition) is 2. The normalized spacial score (nSPS) is 10.7. The van der Waals surface area contributed by atoms with Crippen LogP contribution < -0.4 is 10.6 Å². The van der Waals surface area contributed by atoms with E-state index in [-0.39, 0.29) is 17.7 Å². The highest BCUT2D eigenvalue weighted by Gasteiger charge is 2.12. The summed E-state index contributed by atoms with van der Waals surface area (Å²) in [5.41, 5.74) is 2.33. The number of nitrogens with zero attached hydrogens (tertiary/aromatic N) is 1. The van der Waals surface area contributed by atoms with E-state index in [0.29, 0.717) is 12.1 Å². The number of hydrogen-bond acceptors (Lipinski definition) is 5. The van der Waals surface area contributed by atoms with Gasteiger partial charge in [0.2, 0.25) is 11.8 Å². The topological polar surface area (TPSA) is 71.1 Å². The molecule has 0 saturated carbocycles. The molecule has 2 N–H and O–H groups in total. The maximum Gasteiger partial charge on any atom is 0.229 e. The van der Waals surface area contributed by atoms with Crippen molar-refractivity contribution in [3.8, 4) is 0 Å². The van der Waals surface area contributed by atoms with Crippen LogP contribution in [0.15, 0.2) is 28.6 Å². The van der Waals surface area contributed by atoms with Crippen molar-refractivity contribution in [1.82, 2.24) is 4.98 Å². The van der Waals surface area contributed by atoms with E-state index in [1.807, 2.05) is 27.0 Å². The molecule has 0 aliphatic carbocycles. The molecule has 7 heteroatoms. The van der Waals surface area contributed by atoms with Crippen molar-refractivity contribution in [2.24, 2.45) is 5.92 Å². The molecule has 0 radical (unpaired) electrons. The van der Waals surface area contributed by atoms with Gasteiger partial charge in [-0.2, -0.15) is 0 Å². The van der Waals surface area contributed by atoms with Gasteiger partial charge in [-0.1, -0.05) is 25.6 Å². The first-order chi connectivity index (χ1) is 11.4. The molecule has 0 spiro atoms. The SMILES string of the molecule is CSc1nc(C)c(CC(=O)Nc2ccc(NC(=O)C(C)C)cc2)s1. The third kappa shape index (κ3) is 5.07. The van der Waals surface area contributed by atoms with Crippen LogP contribution >= 0.6 is 23.1 Å². The second-order valence-corrected chi connectivity index (χ2v) is 7.78. The van der Waals surface area contributed by atoms with Crippen molar-refractivity contribution < 1.29 is 9.59 Å². The van der Waals surface area contributed by atoms with Gasteiger partial charge in [0.05, 0.1) is 12.1 Å². The molecule has 2 aromatic rings. The van der Waals surface area contributed by atoms with Gasteiger partial charge in [0.25, 0.3) is 0 Å². The largest absolute Gasteiger partial charge is 0.326 e. The lowest BCUT2D eigenvalue weighted by Crippen LogP contribution is -2.18. The standard InChI is InChI=1S/C17H21N3O2S2/c1-10(2)16(22)20-13-7-5-12(6-8-13)19-15(21)9-14-11(3)18-17(23-4)24-14/h5-8,10H,9H2,1-4H3,(H,19,21)(H,20,22). The van der Waals surface area contributed by atoms with E-state index in [1.54, 1.807) is 47.4 Å². The Morgan fingerprint density at radius 3 is 2.25 bits per heavy atom. The zero-order valence-corrected chi connectivity index (χ0v) is 15.8. The van der Waals surface area contributed by atoms with E-state index in [2.05, 4.69) is 15.6 Å². The zero-order chi connectivity index (χ0) is 17.7. The highest BCUT2D eigenvalue weighted by molar-refractivity contribution is 8.00. The van der Waals surface area contributed by atoms with Crippen molar-refractivity contribution >= 4 is 46.3 Å². The van der Waals surface area contributed by atoms with Gasteiger partial charge in [-0.05, 0) is 37.4 Å². The van der Waals surface area contributed by atoms with Gasteiger partial charge in [0.1, 0.15) is 4.34 Å². The number of carbonyl (C=O) groups is 2. The number of anilines is 2. The summed E-state index contributed by atoms with van der Waals surface area (Å²) in [6.45, 7) is 5.60. The van der Waals surface area contributed by atoms with Gasteiger partial charge in [-0.3, -0.25) is 9.59 Å².